The molecule has 5 nitrogen and oxygen atoms in total. The second kappa shape index (κ2) is 4.38. The molecule has 1 aliphatic rings. The molecule has 2 heterocycles. The number of nitrogens with zero attached hydrogens (tertiary/aromatic N) is 2. The van der Waals surface area contributed by atoms with Gasteiger partial charge in [-0.05, 0) is 24.3 Å². The van der Waals surface area contributed by atoms with Gasteiger partial charge in [-0.25, -0.2) is 9.97 Å². The Kier molecular flexibility index (Phi) is 2.42. The van der Waals surface area contributed by atoms with Crippen molar-refractivity contribution in [1.82, 2.24) is 9.97 Å². The maximum atomic E-state index is 5.83. The van der Waals surface area contributed by atoms with Gasteiger partial charge in [0, 0.05) is 6.07 Å². The average molecular weight is 266 g/mol. The monoisotopic (exact) mass is 266 g/mol. The topological polar surface area (TPSA) is 53.5 Å². The van der Waals surface area contributed by atoms with Gasteiger partial charge in [-0.1, -0.05) is 12.1 Å². The van der Waals surface area contributed by atoms with E-state index in [0.717, 1.165) is 16.7 Å². The van der Waals surface area contributed by atoms with Crippen molar-refractivity contribution < 1.29 is 14.2 Å². The zero-order valence-corrected chi connectivity index (χ0v) is 10.4. The summed E-state index contributed by atoms with van der Waals surface area (Å²) in [7, 11) is 0. The summed E-state index contributed by atoms with van der Waals surface area (Å²) in [6.07, 6.45) is 1.49. The normalized spacial score (nSPS) is 12.6. The molecule has 0 saturated heterocycles. The molecular weight excluding hydrogens is 256 g/mol. The molecule has 0 spiro atoms. The predicted molar refractivity (Wildman–Crippen MR) is 72.2 cm³/mol. The van der Waals surface area contributed by atoms with Gasteiger partial charge in [0.15, 0.2) is 11.5 Å². The van der Waals surface area contributed by atoms with Crippen LogP contribution in [-0.4, -0.2) is 16.8 Å². The van der Waals surface area contributed by atoms with Gasteiger partial charge < -0.3 is 14.2 Å². The van der Waals surface area contributed by atoms with E-state index < -0.39 is 0 Å². The van der Waals surface area contributed by atoms with Gasteiger partial charge >= 0.3 is 0 Å². The third-order valence-electron chi connectivity index (χ3n) is 3.06. The van der Waals surface area contributed by atoms with Crippen LogP contribution in [0.15, 0.2) is 48.8 Å². The molecule has 0 aliphatic carbocycles. The first kappa shape index (κ1) is 11.0. The van der Waals surface area contributed by atoms with Crippen molar-refractivity contribution >= 4 is 10.9 Å². The zero-order chi connectivity index (χ0) is 13.4. The number of benzene rings is 2. The molecule has 1 aromatic heterocycles. The van der Waals surface area contributed by atoms with Crippen molar-refractivity contribution in [3.05, 3.63) is 48.8 Å². The van der Waals surface area contributed by atoms with E-state index in [4.69, 9.17) is 14.2 Å². The second-order valence-electron chi connectivity index (χ2n) is 4.31. The van der Waals surface area contributed by atoms with Gasteiger partial charge in [-0.3, -0.25) is 0 Å². The van der Waals surface area contributed by atoms with Crippen LogP contribution in [-0.2, 0) is 0 Å². The molecule has 0 amide bonds. The van der Waals surface area contributed by atoms with Crippen LogP contribution in [0.2, 0.25) is 0 Å². The smallest absolute Gasteiger partial charge is 0.231 e. The summed E-state index contributed by atoms with van der Waals surface area (Å²) < 4.78 is 16.4. The SMILES string of the molecule is c1ccc2c(Oc3ccc4c(c3)OCO4)ncnc2c1. The Morgan fingerprint density at radius 3 is 2.85 bits per heavy atom. The Labute approximate surface area is 114 Å². The molecule has 98 valence electrons. The molecule has 5 heteroatoms. The number of hydrogen-bond donors (Lipinski definition) is 0. The lowest BCUT2D eigenvalue weighted by molar-refractivity contribution is 0.174. The molecule has 0 fully saturated rings. The van der Waals surface area contributed by atoms with Gasteiger partial charge in [0.25, 0.3) is 0 Å². The highest BCUT2D eigenvalue weighted by molar-refractivity contribution is 5.83. The summed E-state index contributed by atoms with van der Waals surface area (Å²) in [5.41, 5.74) is 0.846. The third kappa shape index (κ3) is 1.80. The van der Waals surface area contributed by atoms with Crippen LogP contribution in [0.1, 0.15) is 0 Å². The van der Waals surface area contributed by atoms with Gasteiger partial charge in [0.1, 0.15) is 12.1 Å². The van der Waals surface area contributed by atoms with E-state index in [1.165, 1.54) is 6.33 Å². The molecule has 3 aromatic rings. The number of para-hydroxylation sites is 1. The lowest BCUT2D eigenvalue weighted by Crippen LogP contribution is -1.93. The fraction of sp³-hybridized carbons (Fsp3) is 0.0667. The number of hydrogen-bond acceptors (Lipinski definition) is 5. The van der Waals surface area contributed by atoms with E-state index in [-0.39, 0.29) is 6.79 Å². The zero-order valence-electron chi connectivity index (χ0n) is 10.4. The summed E-state index contributed by atoms with van der Waals surface area (Å²) in [6.45, 7) is 0.245. The van der Waals surface area contributed by atoms with Crippen LogP contribution < -0.4 is 14.2 Å². The molecule has 0 unspecified atom stereocenters. The maximum Gasteiger partial charge on any atom is 0.231 e. The van der Waals surface area contributed by atoms with Gasteiger partial charge in [-0.15, -0.1) is 0 Å². The highest BCUT2D eigenvalue weighted by Crippen LogP contribution is 2.37. The minimum atomic E-state index is 0.245. The molecule has 4 rings (SSSR count). The van der Waals surface area contributed by atoms with Crippen LogP contribution in [0.3, 0.4) is 0 Å². The number of rotatable bonds is 2. The lowest BCUT2D eigenvalue weighted by Gasteiger charge is -2.07. The Balaban J connectivity index is 1.74. The van der Waals surface area contributed by atoms with Crippen molar-refractivity contribution in [2.24, 2.45) is 0 Å². The standard InChI is InChI=1S/C15H10N2O3/c1-2-4-12-11(3-1)15(17-8-16-12)20-10-5-6-13-14(7-10)19-9-18-13/h1-8H,9H2. The Hall–Kier alpha value is -2.82. The van der Waals surface area contributed by atoms with Crippen LogP contribution in [0.25, 0.3) is 10.9 Å². The third-order valence-corrected chi connectivity index (χ3v) is 3.06. The number of aromatic nitrogens is 2. The molecule has 0 bridgehead atoms. The van der Waals surface area contributed by atoms with E-state index in [2.05, 4.69) is 9.97 Å². The Bertz CT molecular complexity index is 784. The van der Waals surface area contributed by atoms with E-state index in [0.29, 0.717) is 17.4 Å². The summed E-state index contributed by atoms with van der Waals surface area (Å²) >= 11 is 0. The van der Waals surface area contributed by atoms with Gasteiger partial charge in [0.05, 0.1) is 10.9 Å². The van der Waals surface area contributed by atoms with Crippen molar-refractivity contribution in [2.75, 3.05) is 6.79 Å². The van der Waals surface area contributed by atoms with Crippen molar-refractivity contribution in [3.8, 4) is 23.1 Å². The van der Waals surface area contributed by atoms with Crippen molar-refractivity contribution in [1.29, 1.82) is 0 Å². The fourth-order valence-corrected chi connectivity index (χ4v) is 2.11. The van der Waals surface area contributed by atoms with E-state index >= 15 is 0 Å². The molecule has 0 radical (unpaired) electrons. The molecule has 1 aliphatic heterocycles. The fourth-order valence-electron chi connectivity index (χ4n) is 2.11. The second-order valence-corrected chi connectivity index (χ2v) is 4.31. The molecule has 0 N–H and O–H groups in total. The first-order valence-corrected chi connectivity index (χ1v) is 6.17. The molecule has 20 heavy (non-hydrogen) atoms. The summed E-state index contributed by atoms with van der Waals surface area (Å²) in [4.78, 5) is 8.40. The Morgan fingerprint density at radius 1 is 0.950 bits per heavy atom. The quantitative estimate of drug-likeness (QED) is 0.713. The number of fused-ring (bicyclic) bond motifs is 2. The van der Waals surface area contributed by atoms with Gasteiger partial charge in [-0.2, -0.15) is 0 Å². The maximum absolute atomic E-state index is 5.83. The van der Waals surface area contributed by atoms with E-state index in [1.807, 2.05) is 36.4 Å². The minimum absolute atomic E-state index is 0.245. The largest absolute Gasteiger partial charge is 0.454 e. The summed E-state index contributed by atoms with van der Waals surface area (Å²) in [5, 5.41) is 0.868. The van der Waals surface area contributed by atoms with Gasteiger partial charge in [0.2, 0.25) is 12.7 Å². The average Bonchev–Trinajstić information content (AvgIpc) is 2.95. The first-order valence-electron chi connectivity index (χ1n) is 6.17. The molecule has 0 saturated carbocycles. The van der Waals surface area contributed by atoms with Crippen LogP contribution >= 0.6 is 0 Å². The highest BCUT2D eigenvalue weighted by Gasteiger charge is 2.14. The van der Waals surface area contributed by atoms with Crippen molar-refractivity contribution in [3.63, 3.8) is 0 Å². The molecule has 0 atom stereocenters. The lowest BCUT2D eigenvalue weighted by atomic mass is 10.2. The van der Waals surface area contributed by atoms with Crippen molar-refractivity contribution in [2.45, 2.75) is 0 Å². The Morgan fingerprint density at radius 2 is 1.85 bits per heavy atom. The van der Waals surface area contributed by atoms with E-state index in [9.17, 15) is 0 Å². The molecule has 2 aromatic carbocycles. The first-order chi connectivity index (χ1) is 9.90. The summed E-state index contributed by atoms with van der Waals surface area (Å²) in [6, 6.07) is 13.1. The summed E-state index contributed by atoms with van der Waals surface area (Å²) in [5.74, 6) is 2.58. The molecular formula is C15H10N2O3. The minimum Gasteiger partial charge on any atom is -0.454 e. The van der Waals surface area contributed by atoms with Crippen LogP contribution in [0.5, 0.6) is 23.1 Å². The van der Waals surface area contributed by atoms with E-state index in [1.54, 1.807) is 6.07 Å². The highest BCUT2D eigenvalue weighted by atomic mass is 16.7. The van der Waals surface area contributed by atoms with Crippen LogP contribution in [0, 0.1) is 0 Å². The predicted octanol–water partition coefficient (Wildman–Crippen LogP) is 3.15. The number of ether oxygens (including phenoxy) is 3. The van der Waals surface area contributed by atoms with Crippen LogP contribution in [0.4, 0.5) is 0 Å².